The number of hydrogen-bond donors (Lipinski definition) is 1. The molecule has 29 heavy (non-hydrogen) atoms. The first-order valence-corrected chi connectivity index (χ1v) is 10.8. The summed E-state index contributed by atoms with van der Waals surface area (Å²) < 4.78 is 3.64. The molecule has 0 amide bonds. The standard InChI is InChI=1S/C23H23BrN4S/c1-5-28-21(26-27-22(28)29)18-13-20(25-19-11-10-16(24)12-17(18)19)14-6-8-15(9-7-14)23(2,3)4/h6-13H,5H2,1-4H3,(H,27,29). The molecule has 0 radical (unpaired) electrons. The molecule has 0 aliphatic rings. The first kappa shape index (κ1) is 20.0. The maximum absolute atomic E-state index is 5.42. The lowest BCUT2D eigenvalue weighted by atomic mass is 9.86. The molecule has 0 spiro atoms. The van der Waals surface area contributed by atoms with Gasteiger partial charge in [-0.25, -0.2) is 4.98 Å². The maximum atomic E-state index is 5.42. The quantitative estimate of drug-likeness (QED) is 0.333. The molecular weight excluding hydrogens is 444 g/mol. The van der Waals surface area contributed by atoms with Crippen LogP contribution < -0.4 is 0 Å². The smallest absolute Gasteiger partial charge is 0.195 e. The Morgan fingerprint density at radius 2 is 1.79 bits per heavy atom. The Kier molecular flexibility index (Phi) is 5.17. The number of nitrogens with zero attached hydrogens (tertiary/aromatic N) is 3. The molecule has 0 fully saturated rings. The summed E-state index contributed by atoms with van der Waals surface area (Å²) in [6.07, 6.45) is 0. The van der Waals surface area contributed by atoms with Crippen molar-refractivity contribution in [3.05, 3.63) is 63.3 Å². The zero-order valence-electron chi connectivity index (χ0n) is 17.0. The van der Waals surface area contributed by atoms with Gasteiger partial charge in [-0.05, 0) is 54.4 Å². The van der Waals surface area contributed by atoms with E-state index in [2.05, 4.69) is 90.2 Å². The van der Waals surface area contributed by atoms with Crippen molar-refractivity contribution < 1.29 is 0 Å². The van der Waals surface area contributed by atoms with Gasteiger partial charge >= 0.3 is 0 Å². The number of benzene rings is 2. The summed E-state index contributed by atoms with van der Waals surface area (Å²) in [6.45, 7) is 9.48. The minimum atomic E-state index is 0.119. The van der Waals surface area contributed by atoms with Gasteiger partial charge in [0.1, 0.15) is 0 Å². The molecule has 4 aromatic rings. The van der Waals surface area contributed by atoms with Crippen molar-refractivity contribution in [3.63, 3.8) is 0 Å². The maximum Gasteiger partial charge on any atom is 0.195 e. The van der Waals surface area contributed by atoms with Crippen molar-refractivity contribution in [2.45, 2.75) is 39.7 Å². The van der Waals surface area contributed by atoms with E-state index in [0.717, 1.165) is 44.6 Å². The Bertz CT molecular complexity index is 1250. The first-order valence-electron chi connectivity index (χ1n) is 9.64. The summed E-state index contributed by atoms with van der Waals surface area (Å²) in [5, 5.41) is 8.49. The van der Waals surface area contributed by atoms with Crippen molar-refractivity contribution >= 4 is 39.1 Å². The Hall–Kier alpha value is -2.31. The summed E-state index contributed by atoms with van der Waals surface area (Å²) in [6, 6.07) is 16.9. The van der Waals surface area contributed by atoms with Crippen molar-refractivity contribution in [1.29, 1.82) is 0 Å². The average molecular weight is 467 g/mol. The largest absolute Gasteiger partial charge is 0.300 e. The number of pyridine rings is 1. The van der Waals surface area contributed by atoms with Gasteiger partial charge in [0.2, 0.25) is 0 Å². The summed E-state index contributed by atoms with van der Waals surface area (Å²) in [5.41, 5.74) is 5.37. The summed E-state index contributed by atoms with van der Waals surface area (Å²) in [4.78, 5) is 4.93. The number of nitrogens with one attached hydrogen (secondary N) is 1. The minimum absolute atomic E-state index is 0.119. The van der Waals surface area contributed by atoms with Crippen LogP contribution in [0.25, 0.3) is 33.5 Å². The van der Waals surface area contributed by atoms with E-state index < -0.39 is 0 Å². The molecular formula is C23H23BrN4S. The Labute approximate surface area is 184 Å². The van der Waals surface area contributed by atoms with Crippen LogP contribution in [0.15, 0.2) is 53.0 Å². The fraction of sp³-hybridized carbons (Fsp3) is 0.261. The molecule has 2 aromatic carbocycles. The highest BCUT2D eigenvalue weighted by molar-refractivity contribution is 9.10. The van der Waals surface area contributed by atoms with Crippen LogP contribution in [0.5, 0.6) is 0 Å². The second-order valence-electron chi connectivity index (χ2n) is 8.14. The van der Waals surface area contributed by atoms with Crippen LogP contribution in [0.1, 0.15) is 33.3 Å². The second-order valence-corrected chi connectivity index (χ2v) is 9.44. The summed E-state index contributed by atoms with van der Waals surface area (Å²) in [7, 11) is 0. The number of H-pyrrole nitrogens is 1. The molecule has 6 heteroatoms. The van der Waals surface area contributed by atoms with Gasteiger partial charge in [0, 0.05) is 27.5 Å². The Morgan fingerprint density at radius 3 is 2.45 bits per heavy atom. The fourth-order valence-electron chi connectivity index (χ4n) is 3.49. The van der Waals surface area contributed by atoms with E-state index in [1.54, 1.807) is 0 Å². The molecule has 0 aliphatic carbocycles. The van der Waals surface area contributed by atoms with E-state index in [-0.39, 0.29) is 5.41 Å². The number of aromatic nitrogens is 4. The van der Waals surface area contributed by atoms with Crippen molar-refractivity contribution in [3.8, 4) is 22.6 Å². The highest BCUT2D eigenvalue weighted by Crippen LogP contribution is 2.33. The topological polar surface area (TPSA) is 46.5 Å². The fourth-order valence-corrected chi connectivity index (χ4v) is 4.11. The number of rotatable bonds is 3. The molecule has 0 aliphatic heterocycles. The van der Waals surface area contributed by atoms with E-state index in [1.807, 2.05) is 16.7 Å². The molecule has 148 valence electrons. The van der Waals surface area contributed by atoms with Crippen LogP contribution in [0.4, 0.5) is 0 Å². The monoisotopic (exact) mass is 466 g/mol. The van der Waals surface area contributed by atoms with Gasteiger partial charge in [-0.3, -0.25) is 5.10 Å². The molecule has 0 saturated carbocycles. The summed E-state index contributed by atoms with van der Waals surface area (Å²) >= 11 is 9.00. The first-order chi connectivity index (χ1) is 13.8. The Morgan fingerprint density at radius 1 is 1.07 bits per heavy atom. The molecule has 0 unspecified atom stereocenters. The SMILES string of the molecule is CCn1c(-c2cc(-c3ccc(C(C)(C)C)cc3)nc3ccc(Br)cc23)n[nH]c1=S. The number of hydrogen-bond acceptors (Lipinski definition) is 3. The normalized spacial score (nSPS) is 11.9. The summed E-state index contributed by atoms with van der Waals surface area (Å²) in [5.74, 6) is 0.829. The van der Waals surface area contributed by atoms with Crippen molar-refractivity contribution in [2.24, 2.45) is 0 Å². The molecule has 0 atom stereocenters. The van der Waals surface area contributed by atoms with Gasteiger partial charge in [0.05, 0.1) is 11.2 Å². The van der Waals surface area contributed by atoms with Crippen molar-refractivity contribution in [2.75, 3.05) is 0 Å². The number of halogens is 1. The zero-order chi connectivity index (χ0) is 20.8. The van der Waals surface area contributed by atoms with Gasteiger partial charge < -0.3 is 4.57 Å². The number of aromatic amines is 1. The van der Waals surface area contributed by atoms with Crippen LogP contribution in [-0.4, -0.2) is 19.7 Å². The molecule has 2 aromatic heterocycles. The Balaban J connectivity index is 1.95. The van der Waals surface area contributed by atoms with Crippen LogP contribution in [0, 0.1) is 4.77 Å². The van der Waals surface area contributed by atoms with Crippen LogP contribution in [-0.2, 0) is 12.0 Å². The third kappa shape index (κ3) is 3.79. The molecule has 0 bridgehead atoms. The zero-order valence-corrected chi connectivity index (χ0v) is 19.4. The average Bonchev–Trinajstić information content (AvgIpc) is 3.07. The van der Waals surface area contributed by atoms with Crippen LogP contribution in [0.2, 0.25) is 0 Å². The molecule has 4 rings (SSSR count). The van der Waals surface area contributed by atoms with Crippen LogP contribution >= 0.6 is 28.1 Å². The highest BCUT2D eigenvalue weighted by Gasteiger charge is 2.17. The lowest BCUT2D eigenvalue weighted by Gasteiger charge is -2.19. The predicted molar refractivity (Wildman–Crippen MR) is 126 cm³/mol. The number of fused-ring (bicyclic) bond motifs is 1. The lowest BCUT2D eigenvalue weighted by Crippen LogP contribution is -2.10. The molecule has 2 heterocycles. The van der Waals surface area contributed by atoms with Gasteiger partial charge in [0.15, 0.2) is 10.6 Å². The van der Waals surface area contributed by atoms with E-state index in [9.17, 15) is 0 Å². The van der Waals surface area contributed by atoms with Gasteiger partial charge in [-0.2, -0.15) is 5.10 Å². The van der Waals surface area contributed by atoms with Crippen LogP contribution in [0.3, 0.4) is 0 Å². The molecule has 4 nitrogen and oxygen atoms in total. The van der Waals surface area contributed by atoms with Gasteiger partial charge in [-0.1, -0.05) is 61.0 Å². The van der Waals surface area contributed by atoms with Gasteiger partial charge in [0.25, 0.3) is 0 Å². The molecule has 1 N–H and O–H groups in total. The van der Waals surface area contributed by atoms with E-state index in [4.69, 9.17) is 17.2 Å². The third-order valence-corrected chi connectivity index (χ3v) is 5.94. The predicted octanol–water partition coefficient (Wildman–Crippen LogP) is 6.90. The molecule has 0 saturated heterocycles. The highest BCUT2D eigenvalue weighted by atomic mass is 79.9. The van der Waals surface area contributed by atoms with E-state index >= 15 is 0 Å². The van der Waals surface area contributed by atoms with Gasteiger partial charge in [-0.15, -0.1) is 0 Å². The second kappa shape index (κ2) is 7.50. The lowest BCUT2D eigenvalue weighted by molar-refractivity contribution is 0.590. The minimum Gasteiger partial charge on any atom is -0.300 e. The van der Waals surface area contributed by atoms with E-state index in [1.165, 1.54) is 5.56 Å². The van der Waals surface area contributed by atoms with Crippen molar-refractivity contribution in [1.82, 2.24) is 19.7 Å². The third-order valence-electron chi connectivity index (χ3n) is 5.13. The van der Waals surface area contributed by atoms with E-state index in [0.29, 0.717) is 4.77 Å².